The predicted octanol–water partition coefficient (Wildman–Crippen LogP) is 3.09. The second-order valence-electron chi connectivity index (χ2n) is 4.61. The minimum atomic E-state index is -0.686. The number of aromatic hydroxyl groups is 1. The van der Waals surface area contributed by atoms with Crippen LogP contribution in [0.5, 0.6) is 11.5 Å². The second kappa shape index (κ2) is 4.55. The van der Waals surface area contributed by atoms with E-state index >= 15 is 0 Å². The van der Waals surface area contributed by atoms with E-state index in [0.717, 1.165) is 5.56 Å². The monoisotopic (exact) mass is 260 g/mol. The van der Waals surface area contributed by atoms with Crippen LogP contribution in [0.15, 0.2) is 42.5 Å². The molecule has 3 rings (SSSR count). The highest BCUT2D eigenvalue weighted by molar-refractivity contribution is 5.39. The van der Waals surface area contributed by atoms with Gasteiger partial charge in [-0.3, -0.25) is 0 Å². The first kappa shape index (κ1) is 12.0. The fraction of sp³-hybridized carbons (Fsp3) is 0.200. The summed E-state index contributed by atoms with van der Waals surface area (Å²) in [7, 11) is 0. The Morgan fingerprint density at radius 2 is 1.95 bits per heavy atom. The van der Waals surface area contributed by atoms with Gasteiger partial charge in [0.2, 0.25) is 0 Å². The molecule has 0 aromatic heterocycles. The molecule has 4 heteroatoms. The van der Waals surface area contributed by atoms with Crippen LogP contribution in [0.3, 0.4) is 0 Å². The summed E-state index contributed by atoms with van der Waals surface area (Å²) in [6.45, 7) is 0. The fourth-order valence-corrected chi connectivity index (χ4v) is 2.32. The number of phenolic OH excluding ortho intramolecular Hbond substituents is 1. The van der Waals surface area contributed by atoms with Crippen molar-refractivity contribution in [1.29, 1.82) is 0 Å². The highest BCUT2D eigenvalue weighted by Gasteiger charge is 2.28. The molecule has 2 atom stereocenters. The molecule has 0 saturated heterocycles. The molecule has 2 N–H and O–H groups in total. The topological polar surface area (TPSA) is 49.7 Å². The van der Waals surface area contributed by atoms with Crippen molar-refractivity contribution in [2.75, 3.05) is 0 Å². The number of fused-ring (bicyclic) bond motifs is 1. The Bertz CT molecular complexity index is 612. The molecule has 0 spiro atoms. The van der Waals surface area contributed by atoms with Crippen molar-refractivity contribution in [2.24, 2.45) is 0 Å². The normalized spacial score (nSPS) is 21.6. The van der Waals surface area contributed by atoms with Crippen molar-refractivity contribution in [1.82, 2.24) is 0 Å². The van der Waals surface area contributed by atoms with Crippen LogP contribution in [-0.4, -0.2) is 10.2 Å². The number of hydrogen-bond acceptors (Lipinski definition) is 3. The number of ether oxygens (including phenoxy) is 1. The molecule has 3 nitrogen and oxygen atoms in total. The lowest BCUT2D eigenvalue weighted by molar-refractivity contribution is 0.0656. The number of benzene rings is 2. The smallest absolute Gasteiger partial charge is 0.165 e. The van der Waals surface area contributed by atoms with Crippen molar-refractivity contribution in [3.05, 3.63) is 59.4 Å². The van der Waals surface area contributed by atoms with Gasteiger partial charge in [-0.25, -0.2) is 4.39 Å². The van der Waals surface area contributed by atoms with E-state index < -0.39 is 18.0 Å². The number of hydrogen-bond donors (Lipinski definition) is 2. The van der Waals surface area contributed by atoms with E-state index in [2.05, 4.69) is 0 Å². The average Bonchev–Trinajstić information content (AvgIpc) is 2.42. The Morgan fingerprint density at radius 1 is 1.16 bits per heavy atom. The van der Waals surface area contributed by atoms with E-state index in [1.807, 2.05) is 18.2 Å². The molecule has 0 saturated carbocycles. The van der Waals surface area contributed by atoms with E-state index in [0.29, 0.717) is 17.7 Å². The van der Waals surface area contributed by atoms with Crippen LogP contribution in [0.1, 0.15) is 29.8 Å². The van der Waals surface area contributed by atoms with Crippen molar-refractivity contribution in [3.8, 4) is 11.5 Å². The number of para-hydroxylation sites is 1. The quantitative estimate of drug-likeness (QED) is 0.828. The number of halogens is 1. The third-order valence-electron chi connectivity index (χ3n) is 3.33. The third kappa shape index (κ3) is 2.15. The zero-order valence-electron chi connectivity index (χ0n) is 10.1. The Balaban J connectivity index is 1.94. The number of aliphatic hydroxyl groups is 1. The molecule has 1 heterocycles. The maximum atomic E-state index is 13.4. The van der Waals surface area contributed by atoms with Gasteiger partial charge in [0.05, 0.1) is 6.10 Å². The second-order valence-corrected chi connectivity index (χ2v) is 4.61. The molecule has 0 aliphatic carbocycles. The van der Waals surface area contributed by atoms with Crippen molar-refractivity contribution in [3.63, 3.8) is 0 Å². The molecular weight excluding hydrogens is 247 g/mol. The molecular formula is C15H13FO3. The first-order valence-corrected chi connectivity index (χ1v) is 6.07. The van der Waals surface area contributed by atoms with Crippen LogP contribution >= 0.6 is 0 Å². The van der Waals surface area contributed by atoms with Crippen LogP contribution in [0.4, 0.5) is 4.39 Å². The van der Waals surface area contributed by atoms with Gasteiger partial charge in [-0.05, 0) is 23.8 Å². The van der Waals surface area contributed by atoms with Gasteiger partial charge in [-0.15, -0.1) is 0 Å². The van der Waals surface area contributed by atoms with Gasteiger partial charge in [-0.1, -0.05) is 24.3 Å². The van der Waals surface area contributed by atoms with Gasteiger partial charge in [-0.2, -0.15) is 0 Å². The molecule has 0 radical (unpaired) electrons. The van der Waals surface area contributed by atoms with Crippen LogP contribution in [0, 0.1) is 5.82 Å². The van der Waals surface area contributed by atoms with E-state index in [4.69, 9.17) is 4.74 Å². The minimum absolute atomic E-state index is 0.362. The highest BCUT2D eigenvalue weighted by atomic mass is 19.1. The maximum absolute atomic E-state index is 13.4. The first-order valence-electron chi connectivity index (χ1n) is 6.07. The van der Waals surface area contributed by atoms with Crippen LogP contribution < -0.4 is 4.74 Å². The summed E-state index contributed by atoms with van der Waals surface area (Å²) in [5.74, 6) is -0.463. The van der Waals surface area contributed by atoms with E-state index in [1.54, 1.807) is 12.1 Å². The van der Waals surface area contributed by atoms with E-state index in [1.165, 1.54) is 12.1 Å². The van der Waals surface area contributed by atoms with Crippen LogP contribution in [0.2, 0.25) is 0 Å². The summed E-state index contributed by atoms with van der Waals surface area (Å²) in [6.07, 6.45) is -0.687. The Labute approximate surface area is 109 Å². The zero-order valence-corrected chi connectivity index (χ0v) is 10.1. The zero-order chi connectivity index (χ0) is 13.4. The first-order chi connectivity index (χ1) is 9.15. The van der Waals surface area contributed by atoms with Gasteiger partial charge in [0.15, 0.2) is 11.6 Å². The Kier molecular flexibility index (Phi) is 2.87. The summed E-state index contributed by atoms with van der Waals surface area (Å²) in [5, 5.41) is 19.3. The summed E-state index contributed by atoms with van der Waals surface area (Å²) in [4.78, 5) is 0. The number of aliphatic hydroxyl groups excluding tert-OH is 1. The van der Waals surface area contributed by atoms with Gasteiger partial charge in [0, 0.05) is 12.0 Å². The summed E-state index contributed by atoms with van der Waals surface area (Å²) < 4.78 is 19.1. The van der Waals surface area contributed by atoms with E-state index in [-0.39, 0.29) is 5.75 Å². The third-order valence-corrected chi connectivity index (χ3v) is 3.33. The standard InChI is InChI=1S/C15H13FO3/c16-11-7-9(5-6-12(11)17)15-8-13(18)10-3-1-2-4-14(10)19-15/h1-7,13,15,17-18H,8H2. The summed E-state index contributed by atoms with van der Waals surface area (Å²) in [6, 6.07) is 11.4. The lowest BCUT2D eigenvalue weighted by Gasteiger charge is -2.29. The Hall–Kier alpha value is -2.07. The molecule has 2 unspecified atom stereocenters. The molecule has 1 aliphatic heterocycles. The molecule has 2 aromatic rings. The van der Waals surface area contributed by atoms with Gasteiger partial charge >= 0.3 is 0 Å². The van der Waals surface area contributed by atoms with Crippen molar-refractivity contribution in [2.45, 2.75) is 18.6 Å². The maximum Gasteiger partial charge on any atom is 0.165 e. The molecule has 0 fully saturated rings. The molecule has 2 aromatic carbocycles. The summed E-state index contributed by atoms with van der Waals surface area (Å²) >= 11 is 0. The molecule has 19 heavy (non-hydrogen) atoms. The number of rotatable bonds is 1. The summed E-state index contributed by atoms with van der Waals surface area (Å²) in [5.41, 5.74) is 1.35. The van der Waals surface area contributed by atoms with Crippen LogP contribution in [0.25, 0.3) is 0 Å². The van der Waals surface area contributed by atoms with Gasteiger partial charge in [0.25, 0.3) is 0 Å². The number of phenols is 1. The van der Waals surface area contributed by atoms with Crippen molar-refractivity contribution < 1.29 is 19.3 Å². The molecule has 98 valence electrons. The predicted molar refractivity (Wildman–Crippen MR) is 67.5 cm³/mol. The highest BCUT2D eigenvalue weighted by Crippen LogP contribution is 2.40. The lowest BCUT2D eigenvalue weighted by atomic mass is 9.95. The fourth-order valence-electron chi connectivity index (χ4n) is 2.32. The average molecular weight is 260 g/mol. The molecule has 0 amide bonds. The van der Waals surface area contributed by atoms with Gasteiger partial charge in [0.1, 0.15) is 11.9 Å². The van der Waals surface area contributed by atoms with E-state index in [9.17, 15) is 14.6 Å². The molecule has 0 bridgehead atoms. The largest absolute Gasteiger partial charge is 0.505 e. The lowest BCUT2D eigenvalue weighted by Crippen LogP contribution is -2.19. The SMILES string of the molecule is Oc1ccc(C2CC(O)c3ccccc3O2)cc1F. The minimum Gasteiger partial charge on any atom is -0.505 e. The van der Waals surface area contributed by atoms with Crippen molar-refractivity contribution >= 4 is 0 Å². The Morgan fingerprint density at radius 3 is 2.74 bits per heavy atom. The molecule has 1 aliphatic rings. The van der Waals surface area contributed by atoms with Crippen LogP contribution in [-0.2, 0) is 0 Å². The van der Waals surface area contributed by atoms with Gasteiger partial charge < -0.3 is 14.9 Å².